The molecule has 0 bridgehead atoms. The number of anilines is 1. The number of aliphatic imine (C=N–C) groups is 1. The van der Waals surface area contributed by atoms with Crippen LogP contribution in [0.3, 0.4) is 0 Å². The first-order chi connectivity index (χ1) is 13.7. The van der Waals surface area contributed by atoms with Crippen LogP contribution in [0.25, 0.3) is 6.08 Å². The maximum absolute atomic E-state index is 12.1. The van der Waals surface area contributed by atoms with Crippen LogP contribution in [0.2, 0.25) is 0 Å². The fourth-order valence-electron chi connectivity index (χ4n) is 3.19. The number of carbonyl (C=O) groups excluding carboxylic acids is 1. The van der Waals surface area contributed by atoms with Crippen molar-refractivity contribution in [2.24, 2.45) is 10.7 Å². The predicted octanol–water partition coefficient (Wildman–Crippen LogP) is 3.11. The second-order valence-electron chi connectivity index (χ2n) is 6.91. The van der Waals surface area contributed by atoms with Crippen molar-refractivity contribution in [2.45, 2.75) is 12.8 Å². The van der Waals surface area contributed by atoms with Gasteiger partial charge >= 0.3 is 0 Å². The lowest BCUT2D eigenvalue weighted by Crippen LogP contribution is -2.24. The van der Waals surface area contributed by atoms with E-state index >= 15 is 0 Å². The van der Waals surface area contributed by atoms with Crippen molar-refractivity contribution in [1.82, 2.24) is 5.32 Å². The van der Waals surface area contributed by atoms with Gasteiger partial charge in [-0.05, 0) is 49.2 Å². The molecule has 0 saturated heterocycles. The van der Waals surface area contributed by atoms with Gasteiger partial charge in [0.15, 0.2) is 0 Å². The van der Waals surface area contributed by atoms with Crippen molar-refractivity contribution in [3.8, 4) is 0 Å². The second kappa shape index (κ2) is 9.85. The average Bonchev–Trinajstić information content (AvgIpc) is 2.89. The summed E-state index contributed by atoms with van der Waals surface area (Å²) in [7, 11) is 2.10. The highest BCUT2D eigenvalue weighted by Gasteiger charge is 2.13. The Morgan fingerprint density at radius 3 is 2.71 bits per heavy atom. The number of nitrogens with one attached hydrogen (secondary N) is 1. The van der Waals surface area contributed by atoms with Crippen LogP contribution in [0.1, 0.15) is 34.3 Å². The number of rotatable bonds is 7. The van der Waals surface area contributed by atoms with Crippen molar-refractivity contribution < 1.29 is 4.79 Å². The van der Waals surface area contributed by atoms with Crippen LogP contribution in [0, 0.1) is 0 Å². The van der Waals surface area contributed by atoms with Gasteiger partial charge in [0.05, 0.1) is 12.3 Å². The minimum Gasteiger partial charge on any atom is -0.372 e. The van der Waals surface area contributed by atoms with Crippen LogP contribution in [-0.2, 0) is 0 Å². The smallest absolute Gasteiger partial charge is 0.251 e. The number of unbranched alkanes of at least 4 members (excludes halogenated alkanes) is 1. The first-order valence-electron chi connectivity index (χ1n) is 9.80. The number of hydrogen-bond donors (Lipinski definition) is 2. The van der Waals surface area contributed by atoms with Crippen LogP contribution in [-0.4, -0.2) is 44.8 Å². The molecule has 0 unspecified atom stereocenters. The summed E-state index contributed by atoms with van der Waals surface area (Å²) in [5.41, 5.74) is 10.5. The van der Waals surface area contributed by atoms with Crippen molar-refractivity contribution >= 4 is 23.4 Å². The summed E-state index contributed by atoms with van der Waals surface area (Å²) in [5, 5.41) is 2.92. The normalized spacial score (nSPS) is 13.8. The molecule has 0 radical (unpaired) electrons. The molecule has 0 fully saturated rings. The van der Waals surface area contributed by atoms with Crippen LogP contribution in [0.15, 0.2) is 59.6 Å². The van der Waals surface area contributed by atoms with Gasteiger partial charge in [0.1, 0.15) is 0 Å². The highest BCUT2D eigenvalue weighted by molar-refractivity contribution is 6.14. The first-order valence-corrected chi connectivity index (χ1v) is 9.80. The number of benzene rings is 2. The van der Waals surface area contributed by atoms with Gasteiger partial charge in [0, 0.05) is 37.0 Å². The number of hydrogen-bond acceptors (Lipinski definition) is 4. The Balaban J connectivity index is 1.67. The molecule has 1 heterocycles. The Labute approximate surface area is 167 Å². The maximum atomic E-state index is 12.1. The molecule has 1 aliphatic rings. The van der Waals surface area contributed by atoms with Crippen molar-refractivity contribution in [3.05, 3.63) is 71.3 Å². The highest BCUT2D eigenvalue weighted by atomic mass is 16.1. The van der Waals surface area contributed by atoms with Crippen LogP contribution >= 0.6 is 0 Å². The third-order valence-electron chi connectivity index (χ3n) is 4.83. The van der Waals surface area contributed by atoms with E-state index in [2.05, 4.69) is 41.5 Å². The monoisotopic (exact) mass is 376 g/mol. The molecule has 28 heavy (non-hydrogen) atoms. The zero-order valence-corrected chi connectivity index (χ0v) is 16.4. The summed E-state index contributed by atoms with van der Waals surface area (Å²) in [4.78, 5) is 19.1. The van der Waals surface area contributed by atoms with Gasteiger partial charge in [-0.15, -0.1) is 0 Å². The summed E-state index contributed by atoms with van der Waals surface area (Å²) < 4.78 is 0. The number of allylic oxidation sites excluding steroid dienone is 1. The zero-order chi connectivity index (χ0) is 19.8. The number of nitrogens with two attached hydrogens (primary N) is 1. The SMILES string of the molecule is CN1CCN=C(/C=C/c2ccc(C(=O)NCCCCN)cc2)c2ccccc21. The van der Waals surface area contributed by atoms with E-state index in [9.17, 15) is 4.79 Å². The second-order valence-corrected chi connectivity index (χ2v) is 6.91. The first kappa shape index (κ1) is 19.8. The summed E-state index contributed by atoms with van der Waals surface area (Å²) in [5.74, 6) is -0.0438. The number of carbonyl (C=O) groups is 1. The quantitative estimate of drug-likeness (QED) is 0.730. The van der Waals surface area contributed by atoms with Gasteiger partial charge in [-0.1, -0.05) is 36.4 Å². The molecule has 0 saturated carbocycles. The minimum absolute atomic E-state index is 0.0438. The Kier molecular flexibility index (Phi) is 6.98. The largest absolute Gasteiger partial charge is 0.372 e. The average molecular weight is 377 g/mol. The third-order valence-corrected chi connectivity index (χ3v) is 4.83. The lowest BCUT2D eigenvalue weighted by molar-refractivity contribution is 0.0953. The van der Waals surface area contributed by atoms with E-state index in [4.69, 9.17) is 10.7 Å². The number of fused-ring (bicyclic) bond motifs is 1. The van der Waals surface area contributed by atoms with E-state index in [0.717, 1.165) is 42.8 Å². The van der Waals surface area contributed by atoms with Gasteiger partial charge in [-0.3, -0.25) is 9.79 Å². The molecule has 1 amide bonds. The maximum Gasteiger partial charge on any atom is 0.251 e. The molecular weight excluding hydrogens is 348 g/mol. The molecule has 0 spiro atoms. The summed E-state index contributed by atoms with van der Waals surface area (Å²) in [6.07, 6.45) is 5.93. The number of benzodiazepines with no additional fused rings is 1. The van der Waals surface area contributed by atoms with Gasteiger partial charge in [0.25, 0.3) is 5.91 Å². The number of likely N-dealkylation sites (N-methyl/N-ethyl adjacent to an activating group) is 1. The van der Waals surface area contributed by atoms with Crippen molar-refractivity contribution in [1.29, 1.82) is 0 Å². The lowest BCUT2D eigenvalue weighted by atomic mass is 10.0. The van der Waals surface area contributed by atoms with E-state index in [1.165, 1.54) is 5.69 Å². The molecule has 3 rings (SSSR count). The van der Waals surface area contributed by atoms with E-state index in [-0.39, 0.29) is 5.91 Å². The molecule has 1 aliphatic heterocycles. The lowest BCUT2D eigenvalue weighted by Gasteiger charge is -2.18. The predicted molar refractivity (Wildman–Crippen MR) is 117 cm³/mol. The number of nitrogens with zero attached hydrogens (tertiary/aromatic N) is 2. The fourth-order valence-corrected chi connectivity index (χ4v) is 3.19. The Bertz CT molecular complexity index is 855. The summed E-state index contributed by atoms with van der Waals surface area (Å²) in [6.45, 7) is 2.99. The number of amides is 1. The highest BCUT2D eigenvalue weighted by Crippen LogP contribution is 2.23. The Morgan fingerprint density at radius 1 is 1.14 bits per heavy atom. The molecule has 0 aliphatic carbocycles. The molecule has 5 heteroatoms. The van der Waals surface area contributed by atoms with Gasteiger partial charge in [0.2, 0.25) is 0 Å². The molecule has 2 aromatic carbocycles. The standard InChI is InChI=1S/C23H28N4O/c1-27-17-16-25-21(20-6-2-3-7-22(20)27)13-10-18-8-11-19(12-9-18)23(28)26-15-5-4-14-24/h2-3,6-13H,4-5,14-17,24H2,1H3,(H,26,28)/b13-10+. The molecule has 3 N–H and O–H groups in total. The van der Waals surface area contributed by atoms with E-state index < -0.39 is 0 Å². The van der Waals surface area contributed by atoms with Crippen LogP contribution < -0.4 is 16.0 Å². The van der Waals surface area contributed by atoms with Gasteiger partial charge in [-0.25, -0.2) is 0 Å². The topological polar surface area (TPSA) is 70.7 Å². The van der Waals surface area contributed by atoms with Crippen molar-refractivity contribution in [2.75, 3.05) is 38.1 Å². The molecule has 146 valence electrons. The van der Waals surface area contributed by atoms with E-state index in [1.54, 1.807) is 0 Å². The van der Waals surface area contributed by atoms with Crippen LogP contribution in [0.5, 0.6) is 0 Å². The van der Waals surface area contributed by atoms with Gasteiger partial charge < -0.3 is 16.0 Å². The minimum atomic E-state index is -0.0438. The summed E-state index contributed by atoms with van der Waals surface area (Å²) >= 11 is 0. The third kappa shape index (κ3) is 5.08. The van der Waals surface area contributed by atoms with E-state index in [0.29, 0.717) is 18.7 Å². The van der Waals surface area contributed by atoms with Crippen molar-refractivity contribution in [3.63, 3.8) is 0 Å². The van der Waals surface area contributed by atoms with E-state index in [1.807, 2.05) is 36.4 Å². The summed E-state index contributed by atoms with van der Waals surface area (Å²) in [6, 6.07) is 16.0. The molecule has 5 nitrogen and oxygen atoms in total. The molecular formula is C23H28N4O. The fraction of sp³-hybridized carbons (Fsp3) is 0.304. The Hall–Kier alpha value is -2.92. The van der Waals surface area contributed by atoms with Gasteiger partial charge in [-0.2, -0.15) is 0 Å². The van der Waals surface area contributed by atoms with Crippen LogP contribution in [0.4, 0.5) is 5.69 Å². The molecule has 2 aromatic rings. The zero-order valence-electron chi connectivity index (χ0n) is 16.4. The molecule has 0 atom stereocenters. The number of para-hydroxylation sites is 1. The molecule has 0 aromatic heterocycles. The Morgan fingerprint density at radius 2 is 1.93 bits per heavy atom.